The summed E-state index contributed by atoms with van der Waals surface area (Å²) in [5, 5.41) is 10.8. The van der Waals surface area contributed by atoms with Gasteiger partial charge in [-0.2, -0.15) is 5.10 Å². The molecule has 128 valence electrons. The summed E-state index contributed by atoms with van der Waals surface area (Å²) in [6.45, 7) is 3.65. The minimum Gasteiger partial charge on any atom is -0.493 e. The van der Waals surface area contributed by atoms with Crippen molar-refractivity contribution in [3.63, 3.8) is 0 Å². The lowest BCUT2D eigenvalue weighted by molar-refractivity contribution is 0.288. The number of aromatic nitrogens is 2. The lowest BCUT2D eigenvalue weighted by Gasteiger charge is -2.23. The van der Waals surface area contributed by atoms with Crippen molar-refractivity contribution in [2.24, 2.45) is 0 Å². The number of aromatic amines is 1. The van der Waals surface area contributed by atoms with Gasteiger partial charge in [-0.05, 0) is 42.5 Å². The molecule has 1 atom stereocenters. The van der Waals surface area contributed by atoms with Crippen molar-refractivity contribution in [2.75, 3.05) is 6.61 Å². The van der Waals surface area contributed by atoms with Gasteiger partial charge in [0.1, 0.15) is 5.75 Å². The first-order valence-electron chi connectivity index (χ1n) is 8.84. The molecule has 1 aliphatic rings. The van der Waals surface area contributed by atoms with Gasteiger partial charge in [0.15, 0.2) is 0 Å². The molecule has 2 N–H and O–H groups in total. The average molecular weight is 333 g/mol. The minimum absolute atomic E-state index is 0.141. The fourth-order valence-electron chi connectivity index (χ4n) is 3.40. The van der Waals surface area contributed by atoms with Crippen molar-refractivity contribution in [1.29, 1.82) is 0 Å². The molecule has 25 heavy (non-hydrogen) atoms. The number of H-pyrrole nitrogens is 1. The highest BCUT2D eigenvalue weighted by atomic mass is 16.5. The first-order valence-corrected chi connectivity index (χ1v) is 8.84. The standard InChI is InChI=1S/C21H23N3O/c1-15-19(14-23-24-15)13-22-21(16-6-3-2-4-7-16)18-9-10-20-17(12-18)8-5-11-25-20/h2-4,6-7,9-10,12,14,21-22H,5,8,11,13H2,1H3,(H,23,24). The first-order chi connectivity index (χ1) is 12.3. The van der Waals surface area contributed by atoms with Crippen molar-refractivity contribution in [1.82, 2.24) is 15.5 Å². The normalized spacial score (nSPS) is 14.6. The van der Waals surface area contributed by atoms with E-state index in [9.17, 15) is 0 Å². The van der Waals surface area contributed by atoms with E-state index in [2.05, 4.69) is 71.0 Å². The summed E-state index contributed by atoms with van der Waals surface area (Å²) in [6.07, 6.45) is 4.07. The Morgan fingerprint density at radius 3 is 2.84 bits per heavy atom. The van der Waals surface area contributed by atoms with Crippen LogP contribution in [0.5, 0.6) is 5.75 Å². The number of hydrogen-bond donors (Lipinski definition) is 2. The SMILES string of the molecule is Cc1[nH]ncc1CNC(c1ccccc1)c1ccc2c(c1)CCCO2. The van der Waals surface area contributed by atoms with Gasteiger partial charge in [0, 0.05) is 17.8 Å². The van der Waals surface area contributed by atoms with E-state index < -0.39 is 0 Å². The lowest BCUT2D eigenvalue weighted by atomic mass is 9.94. The zero-order valence-corrected chi connectivity index (χ0v) is 14.5. The molecular formula is C21H23N3O. The van der Waals surface area contributed by atoms with E-state index in [1.54, 1.807) is 0 Å². The molecule has 0 bridgehead atoms. The minimum atomic E-state index is 0.141. The third-order valence-electron chi connectivity index (χ3n) is 4.83. The molecule has 1 aliphatic heterocycles. The molecule has 0 aliphatic carbocycles. The van der Waals surface area contributed by atoms with E-state index in [1.165, 1.54) is 22.3 Å². The lowest BCUT2D eigenvalue weighted by Crippen LogP contribution is -2.22. The number of aryl methyl sites for hydroxylation is 2. The summed E-state index contributed by atoms with van der Waals surface area (Å²) in [7, 11) is 0. The van der Waals surface area contributed by atoms with E-state index >= 15 is 0 Å². The average Bonchev–Trinajstić information content (AvgIpc) is 3.08. The molecule has 4 nitrogen and oxygen atoms in total. The van der Waals surface area contributed by atoms with E-state index in [0.29, 0.717) is 0 Å². The van der Waals surface area contributed by atoms with E-state index in [0.717, 1.165) is 37.4 Å². The predicted molar refractivity (Wildman–Crippen MR) is 98.7 cm³/mol. The van der Waals surface area contributed by atoms with Gasteiger partial charge in [-0.15, -0.1) is 0 Å². The van der Waals surface area contributed by atoms with Gasteiger partial charge < -0.3 is 10.1 Å². The Kier molecular flexibility index (Phi) is 4.53. The molecule has 4 heteroatoms. The summed E-state index contributed by atoms with van der Waals surface area (Å²) in [5.74, 6) is 1.03. The second-order valence-electron chi connectivity index (χ2n) is 6.56. The van der Waals surface area contributed by atoms with Crippen LogP contribution in [-0.4, -0.2) is 16.8 Å². The van der Waals surface area contributed by atoms with Crippen molar-refractivity contribution in [3.05, 3.63) is 82.7 Å². The Balaban J connectivity index is 1.64. The maximum Gasteiger partial charge on any atom is 0.122 e. The Morgan fingerprint density at radius 1 is 1.16 bits per heavy atom. The highest BCUT2D eigenvalue weighted by molar-refractivity contribution is 5.42. The molecule has 0 radical (unpaired) electrons. The molecular weight excluding hydrogens is 310 g/mol. The van der Waals surface area contributed by atoms with Gasteiger partial charge in [0.05, 0.1) is 18.8 Å². The van der Waals surface area contributed by atoms with Crippen molar-refractivity contribution in [2.45, 2.75) is 32.4 Å². The fourth-order valence-corrected chi connectivity index (χ4v) is 3.40. The van der Waals surface area contributed by atoms with Crippen molar-refractivity contribution < 1.29 is 4.74 Å². The zero-order chi connectivity index (χ0) is 17.1. The van der Waals surface area contributed by atoms with Crippen LogP contribution in [0.15, 0.2) is 54.7 Å². The van der Waals surface area contributed by atoms with Crippen LogP contribution in [0.4, 0.5) is 0 Å². The van der Waals surface area contributed by atoms with Gasteiger partial charge in [-0.25, -0.2) is 0 Å². The van der Waals surface area contributed by atoms with Gasteiger partial charge in [-0.3, -0.25) is 5.10 Å². The molecule has 1 unspecified atom stereocenters. The highest BCUT2D eigenvalue weighted by Gasteiger charge is 2.18. The number of nitrogens with one attached hydrogen (secondary N) is 2. The van der Waals surface area contributed by atoms with E-state index in [-0.39, 0.29) is 6.04 Å². The van der Waals surface area contributed by atoms with Crippen LogP contribution in [0, 0.1) is 6.92 Å². The third-order valence-corrected chi connectivity index (χ3v) is 4.83. The summed E-state index contributed by atoms with van der Waals surface area (Å²) >= 11 is 0. The summed E-state index contributed by atoms with van der Waals surface area (Å²) in [6, 6.07) is 17.3. The highest BCUT2D eigenvalue weighted by Crippen LogP contribution is 2.30. The zero-order valence-electron chi connectivity index (χ0n) is 14.5. The maximum absolute atomic E-state index is 5.77. The van der Waals surface area contributed by atoms with Gasteiger partial charge >= 0.3 is 0 Å². The Hall–Kier alpha value is -2.59. The summed E-state index contributed by atoms with van der Waals surface area (Å²) in [4.78, 5) is 0. The Bertz CT molecular complexity index is 841. The number of benzene rings is 2. The smallest absolute Gasteiger partial charge is 0.122 e. The second kappa shape index (κ2) is 7.11. The molecule has 0 fully saturated rings. The molecule has 3 aromatic rings. The second-order valence-corrected chi connectivity index (χ2v) is 6.56. The predicted octanol–water partition coefficient (Wildman–Crippen LogP) is 3.92. The van der Waals surface area contributed by atoms with Crippen LogP contribution in [0.2, 0.25) is 0 Å². The third kappa shape index (κ3) is 3.44. The molecule has 0 saturated heterocycles. The largest absolute Gasteiger partial charge is 0.493 e. The number of hydrogen-bond acceptors (Lipinski definition) is 3. The Morgan fingerprint density at radius 2 is 2.04 bits per heavy atom. The molecule has 2 aromatic carbocycles. The number of ether oxygens (including phenoxy) is 1. The number of nitrogens with zero attached hydrogens (tertiary/aromatic N) is 1. The quantitative estimate of drug-likeness (QED) is 0.744. The summed E-state index contributed by atoms with van der Waals surface area (Å²) < 4.78 is 5.77. The number of fused-ring (bicyclic) bond motifs is 1. The van der Waals surface area contributed by atoms with Crippen LogP contribution in [0.3, 0.4) is 0 Å². The van der Waals surface area contributed by atoms with Gasteiger partial charge in [-0.1, -0.05) is 42.5 Å². The van der Waals surface area contributed by atoms with E-state index in [1.807, 2.05) is 6.20 Å². The monoisotopic (exact) mass is 333 g/mol. The van der Waals surface area contributed by atoms with Crippen LogP contribution in [0.25, 0.3) is 0 Å². The molecule has 0 spiro atoms. The first kappa shape index (κ1) is 15.9. The van der Waals surface area contributed by atoms with Crippen molar-refractivity contribution in [3.8, 4) is 5.75 Å². The van der Waals surface area contributed by atoms with Gasteiger partial charge in [0.2, 0.25) is 0 Å². The van der Waals surface area contributed by atoms with Crippen LogP contribution in [-0.2, 0) is 13.0 Å². The van der Waals surface area contributed by atoms with Crippen LogP contribution < -0.4 is 10.1 Å². The van der Waals surface area contributed by atoms with Gasteiger partial charge in [0.25, 0.3) is 0 Å². The fraction of sp³-hybridized carbons (Fsp3) is 0.286. The number of rotatable bonds is 5. The molecule has 0 saturated carbocycles. The van der Waals surface area contributed by atoms with Crippen molar-refractivity contribution >= 4 is 0 Å². The Labute approximate surface area is 148 Å². The van der Waals surface area contributed by atoms with E-state index in [4.69, 9.17) is 4.74 Å². The topological polar surface area (TPSA) is 49.9 Å². The maximum atomic E-state index is 5.77. The molecule has 0 amide bonds. The molecule has 1 aromatic heterocycles. The molecule has 2 heterocycles. The van der Waals surface area contributed by atoms with Crippen LogP contribution in [0.1, 0.15) is 40.4 Å². The molecule has 4 rings (SSSR count). The van der Waals surface area contributed by atoms with Crippen LogP contribution >= 0.6 is 0 Å². The summed E-state index contributed by atoms with van der Waals surface area (Å²) in [5.41, 5.74) is 6.16.